The lowest BCUT2D eigenvalue weighted by atomic mass is 9.79. The van der Waals surface area contributed by atoms with Crippen LogP contribution in [0.4, 0.5) is 4.79 Å². The minimum atomic E-state index is -1.58. The SMILES string of the molecule is COC(=O)C(Cc1cccc(B(O)O)c1)CN(C)C(=O)OC(C)(C)C. The number of benzene rings is 1. The molecule has 8 heteroatoms. The summed E-state index contributed by atoms with van der Waals surface area (Å²) in [5.41, 5.74) is 0.442. The minimum Gasteiger partial charge on any atom is -0.469 e. The van der Waals surface area contributed by atoms with Crippen molar-refractivity contribution in [3.8, 4) is 0 Å². The smallest absolute Gasteiger partial charge is 0.469 e. The Bertz CT molecular complexity index is 599. The third kappa shape index (κ3) is 7.15. The lowest BCUT2D eigenvalue weighted by Gasteiger charge is -2.27. The summed E-state index contributed by atoms with van der Waals surface area (Å²) in [4.78, 5) is 25.5. The molecule has 0 aromatic heterocycles. The van der Waals surface area contributed by atoms with Gasteiger partial charge < -0.3 is 24.4 Å². The van der Waals surface area contributed by atoms with Crippen molar-refractivity contribution < 1.29 is 29.1 Å². The normalized spacial score (nSPS) is 12.3. The molecule has 0 bridgehead atoms. The molecule has 1 aromatic carbocycles. The van der Waals surface area contributed by atoms with Crippen molar-refractivity contribution in [2.24, 2.45) is 5.92 Å². The van der Waals surface area contributed by atoms with E-state index in [0.29, 0.717) is 11.9 Å². The summed E-state index contributed by atoms with van der Waals surface area (Å²) in [5.74, 6) is -1.06. The number of rotatable bonds is 6. The maximum absolute atomic E-state index is 12.1. The quantitative estimate of drug-likeness (QED) is 0.575. The van der Waals surface area contributed by atoms with E-state index in [4.69, 9.17) is 9.47 Å². The van der Waals surface area contributed by atoms with E-state index in [-0.39, 0.29) is 6.54 Å². The topological polar surface area (TPSA) is 96.3 Å². The summed E-state index contributed by atoms with van der Waals surface area (Å²) < 4.78 is 10.1. The van der Waals surface area contributed by atoms with Crippen molar-refractivity contribution in [1.29, 1.82) is 0 Å². The van der Waals surface area contributed by atoms with Crippen LogP contribution in [0.2, 0.25) is 0 Å². The van der Waals surface area contributed by atoms with E-state index >= 15 is 0 Å². The highest BCUT2D eigenvalue weighted by molar-refractivity contribution is 6.58. The first-order valence-electron chi connectivity index (χ1n) is 8.00. The van der Waals surface area contributed by atoms with Crippen LogP contribution >= 0.6 is 0 Å². The van der Waals surface area contributed by atoms with Crippen molar-refractivity contribution in [2.45, 2.75) is 32.8 Å². The molecule has 25 heavy (non-hydrogen) atoms. The molecule has 1 unspecified atom stereocenters. The summed E-state index contributed by atoms with van der Waals surface area (Å²) in [7, 11) is 1.26. The van der Waals surface area contributed by atoms with Gasteiger partial charge in [-0.15, -0.1) is 0 Å². The fourth-order valence-electron chi connectivity index (χ4n) is 2.30. The van der Waals surface area contributed by atoms with Crippen molar-refractivity contribution in [3.05, 3.63) is 29.8 Å². The van der Waals surface area contributed by atoms with Gasteiger partial charge in [-0.1, -0.05) is 24.3 Å². The Labute approximate surface area is 148 Å². The molecule has 0 saturated carbocycles. The van der Waals surface area contributed by atoms with Crippen LogP contribution in [0.5, 0.6) is 0 Å². The molecule has 0 heterocycles. The first-order valence-corrected chi connectivity index (χ1v) is 8.00. The molecule has 0 radical (unpaired) electrons. The highest BCUT2D eigenvalue weighted by atomic mass is 16.6. The van der Waals surface area contributed by atoms with E-state index in [2.05, 4.69) is 0 Å². The fourth-order valence-corrected chi connectivity index (χ4v) is 2.30. The minimum absolute atomic E-state index is 0.119. The molecule has 0 aliphatic carbocycles. The Balaban J connectivity index is 2.86. The molecule has 0 aliphatic rings. The Morgan fingerprint density at radius 1 is 1.28 bits per heavy atom. The maximum atomic E-state index is 12.1. The van der Waals surface area contributed by atoms with Crippen LogP contribution < -0.4 is 5.46 Å². The van der Waals surface area contributed by atoms with Gasteiger partial charge in [0.15, 0.2) is 0 Å². The Morgan fingerprint density at radius 3 is 2.44 bits per heavy atom. The average molecular weight is 351 g/mol. The number of hydrogen-bond acceptors (Lipinski definition) is 6. The molecule has 0 fully saturated rings. The second-order valence-electron chi connectivity index (χ2n) is 6.90. The summed E-state index contributed by atoms with van der Waals surface area (Å²) >= 11 is 0. The first-order chi connectivity index (χ1) is 11.5. The van der Waals surface area contributed by atoms with E-state index in [1.807, 2.05) is 0 Å². The van der Waals surface area contributed by atoms with Crippen molar-refractivity contribution >= 4 is 24.6 Å². The number of amides is 1. The number of methoxy groups -OCH3 is 1. The monoisotopic (exact) mass is 351 g/mol. The molecule has 1 amide bonds. The van der Waals surface area contributed by atoms with Gasteiger partial charge in [0.05, 0.1) is 13.0 Å². The predicted molar refractivity (Wildman–Crippen MR) is 94.3 cm³/mol. The van der Waals surface area contributed by atoms with Gasteiger partial charge in [-0.3, -0.25) is 4.79 Å². The van der Waals surface area contributed by atoms with E-state index in [1.165, 1.54) is 12.0 Å². The zero-order valence-corrected chi connectivity index (χ0v) is 15.4. The third-order valence-corrected chi connectivity index (χ3v) is 3.47. The molecule has 1 aromatic rings. The van der Waals surface area contributed by atoms with Crippen LogP contribution in [0.25, 0.3) is 0 Å². The Hall–Kier alpha value is -2.06. The molecule has 7 nitrogen and oxygen atoms in total. The van der Waals surface area contributed by atoms with Gasteiger partial charge in [0.1, 0.15) is 5.60 Å². The highest BCUT2D eigenvalue weighted by Gasteiger charge is 2.27. The van der Waals surface area contributed by atoms with Crippen LogP contribution in [0.15, 0.2) is 24.3 Å². The number of hydrogen-bond donors (Lipinski definition) is 2. The first kappa shape index (κ1) is 21.0. The van der Waals surface area contributed by atoms with Crippen LogP contribution in [-0.2, 0) is 20.7 Å². The van der Waals surface area contributed by atoms with Gasteiger partial charge in [-0.05, 0) is 38.2 Å². The predicted octanol–water partition coefficient (Wildman–Crippen LogP) is 0.565. The Kier molecular flexibility index (Phi) is 7.45. The lowest BCUT2D eigenvalue weighted by molar-refractivity contribution is -0.145. The van der Waals surface area contributed by atoms with Gasteiger partial charge >= 0.3 is 19.2 Å². The Morgan fingerprint density at radius 2 is 1.92 bits per heavy atom. The summed E-state index contributed by atoms with van der Waals surface area (Å²) in [6.07, 6.45) is -0.235. The molecule has 2 N–H and O–H groups in total. The largest absolute Gasteiger partial charge is 0.488 e. The van der Waals surface area contributed by atoms with E-state index in [9.17, 15) is 19.6 Å². The molecule has 0 spiro atoms. The number of carbonyl (C=O) groups is 2. The average Bonchev–Trinajstić information content (AvgIpc) is 2.52. The highest BCUT2D eigenvalue weighted by Crippen LogP contribution is 2.14. The van der Waals surface area contributed by atoms with E-state index < -0.39 is 30.7 Å². The maximum Gasteiger partial charge on any atom is 0.488 e. The summed E-state index contributed by atoms with van der Waals surface area (Å²) in [5, 5.41) is 18.5. The van der Waals surface area contributed by atoms with Crippen LogP contribution in [-0.4, -0.2) is 60.4 Å². The zero-order chi connectivity index (χ0) is 19.2. The standard InChI is InChI=1S/C17H26BNO6/c1-17(2,3)25-16(21)19(4)11-13(15(20)24-5)9-12-7-6-8-14(10-12)18(22)23/h6-8,10,13,22-23H,9,11H2,1-5H3. The molecule has 0 aliphatic heterocycles. The van der Waals surface area contributed by atoms with Gasteiger partial charge in [-0.2, -0.15) is 0 Å². The molecular formula is C17H26BNO6. The molecule has 0 saturated heterocycles. The van der Waals surface area contributed by atoms with Gasteiger partial charge in [-0.25, -0.2) is 4.79 Å². The van der Waals surface area contributed by atoms with Crippen LogP contribution in [0.3, 0.4) is 0 Å². The second-order valence-corrected chi connectivity index (χ2v) is 6.90. The van der Waals surface area contributed by atoms with Crippen molar-refractivity contribution in [3.63, 3.8) is 0 Å². The number of carbonyl (C=O) groups excluding carboxylic acids is 2. The van der Waals surface area contributed by atoms with Gasteiger partial charge in [0.2, 0.25) is 0 Å². The fraction of sp³-hybridized carbons (Fsp3) is 0.529. The third-order valence-electron chi connectivity index (χ3n) is 3.47. The zero-order valence-electron chi connectivity index (χ0n) is 15.4. The lowest BCUT2D eigenvalue weighted by Crippen LogP contribution is -2.39. The van der Waals surface area contributed by atoms with E-state index in [1.54, 1.807) is 52.1 Å². The van der Waals surface area contributed by atoms with Crippen molar-refractivity contribution in [2.75, 3.05) is 20.7 Å². The van der Waals surface area contributed by atoms with Gasteiger partial charge in [0, 0.05) is 13.6 Å². The molecule has 1 rings (SSSR count). The van der Waals surface area contributed by atoms with Crippen molar-refractivity contribution in [1.82, 2.24) is 4.90 Å². The molecule has 1 atom stereocenters. The van der Waals surface area contributed by atoms with Crippen LogP contribution in [0.1, 0.15) is 26.3 Å². The van der Waals surface area contributed by atoms with E-state index in [0.717, 1.165) is 5.56 Å². The number of ether oxygens (including phenoxy) is 2. The molecule has 138 valence electrons. The second kappa shape index (κ2) is 8.87. The van der Waals surface area contributed by atoms with Gasteiger partial charge in [0.25, 0.3) is 0 Å². The number of esters is 1. The summed E-state index contributed by atoms with van der Waals surface area (Å²) in [6, 6.07) is 6.63. The van der Waals surface area contributed by atoms with Crippen LogP contribution in [0, 0.1) is 5.92 Å². The number of nitrogens with zero attached hydrogens (tertiary/aromatic N) is 1. The molecular weight excluding hydrogens is 325 g/mol. The summed E-state index contributed by atoms with van der Waals surface area (Å²) in [6.45, 7) is 5.42.